The van der Waals surface area contributed by atoms with Crippen molar-refractivity contribution in [3.05, 3.63) is 34.9 Å². The first-order valence-electron chi connectivity index (χ1n) is 7.92. The van der Waals surface area contributed by atoms with Crippen molar-refractivity contribution in [2.75, 3.05) is 0 Å². The van der Waals surface area contributed by atoms with Crippen LogP contribution in [-0.4, -0.2) is 5.78 Å². The van der Waals surface area contributed by atoms with Crippen molar-refractivity contribution >= 4 is 5.78 Å². The maximum absolute atomic E-state index is 12.6. The fourth-order valence-corrected chi connectivity index (χ4v) is 3.23. The van der Waals surface area contributed by atoms with Gasteiger partial charge >= 0.3 is 0 Å². The molecule has 1 aromatic carbocycles. The minimum atomic E-state index is 0.277. The van der Waals surface area contributed by atoms with E-state index in [0.29, 0.717) is 5.78 Å². The molecule has 0 bridgehead atoms. The lowest BCUT2D eigenvalue weighted by atomic mass is 9.89. The quantitative estimate of drug-likeness (QED) is 0.551. The number of aryl methyl sites for hydroxylation is 2. The van der Waals surface area contributed by atoms with Crippen LogP contribution in [0.3, 0.4) is 0 Å². The summed E-state index contributed by atoms with van der Waals surface area (Å²) in [6, 6.07) is 6.35. The van der Waals surface area contributed by atoms with Crippen LogP contribution in [0.4, 0.5) is 0 Å². The molecule has 1 nitrogen and oxygen atoms in total. The van der Waals surface area contributed by atoms with Crippen LogP contribution in [0, 0.1) is 5.92 Å². The number of hydrogen-bond acceptors (Lipinski definition) is 1. The zero-order chi connectivity index (χ0) is 13.7. The highest BCUT2D eigenvalue weighted by molar-refractivity contribution is 5.98. The number of hydrogen-bond donors (Lipinski definition) is 0. The lowest BCUT2D eigenvalue weighted by Crippen LogP contribution is -2.14. The van der Waals surface area contributed by atoms with Gasteiger partial charge in [0.1, 0.15) is 0 Å². The summed E-state index contributed by atoms with van der Waals surface area (Å²) < 4.78 is 0. The lowest BCUT2D eigenvalue weighted by Gasteiger charge is -2.14. The molecule has 0 aliphatic heterocycles. The molecule has 0 N–H and O–H groups in total. The van der Waals surface area contributed by atoms with Gasteiger partial charge in [-0.2, -0.15) is 0 Å². The molecule has 1 heteroatoms. The molecular weight excluding hydrogens is 232 g/mol. The van der Waals surface area contributed by atoms with Crippen molar-refractivity contribution in [3.8, 4) is 0 Å². The number of carbonyl (C=O) groups is 1. The second-order valence-electron chi connectivity index (χ2n) is 5.74. The Balaban J connectivity index is 2.18. The highest BCUT2D eigenvalue weighted by atomic mass is 16.1. The predicted molar refractivity (Wildman–Crippen MR) is 80.7 cm³/mol. The average Bonchev–Trinajstić information content (AvgIpc) is 2.74. The maximum atomic E-state index is 12.6. The van der Waals surface area contributed by atoms with Crippen molar-refractivity contribution in [2.24, 2.45) is 5.92 Å². The number of carbonyl (C=O) groups excluding carboxylic acids is 1. The summed E-state index contributed by atoms with van der Waals surface area (Å²) >= 11 is 0. The van der Waals surface area contributed by atoms with Gasteiger partial charge in [0.25, 0.3) is 0 Å². The Labute approximate surface area is 117 Å². The lowest BCUT2D eigenvalue weighted by molar-refractivity contribution is 0.0908. The van der Waals surface area contributed by atoms with E-state index in [1.54, 1.807) is 0 Å². The molecule has 104 valence electrons. The summed E-state index contributed by atoms with van der Waals surface area (Å²) in [5.41, 5.74) is 3.68. The molecule has 1 saturated carbocycles. The van der Waals surface area contributed by atoms with Gasteiger partial charge in [0.2, 0.25) is 0 Å². The molecule has 0 amide bonds. The first-order valence-corrected chi connectivity index (χ1v) is 7.92. The monoisotopic (exact) mass is 258 g/mol. The van der Waals surface area contributed by atoms with Crippen LogP contribution < -0.4 is 0 Å². The zero-order valence-electron chi connectivity index (χ0n) is 12.4. The van der Waals surface area contributed by atoms with Crippen LogP contribution in [0.5, 0.6) is 0 Å². The molecule has 1 aliphatic carbocycles. The van der Waals surface area contributed by atoms with Crippen molar-refractivity contribution in [2.45, 2.75) is 65.2 Å². The highest BCUT2D eigenvalue weighted by Crippen LogP contribution is 2.27. The second-order valence-corrected chi connectivity index (χ2v) is 5.74. The molecule has 0 spiro atoms. The molecule has 1 aromatic rings. The third kappa shape index (κ3) is 3.46. The number of rotatable bonds is 4. The smallest absolute Gasteiger partial charge is 0.165 e. The van der Waals surface area contributed by atoms with Gasteiger partial charge in [-0.25, -0.2) is 0 Å². The van der Waals surface area contributed by atoms with Crippen LogP contribution >= 0.6 is 0 Å². The van der Waals surface area contributed by atoms with E-state index in [9.17, 15) is 4.79 Å². The van der Waals surface area contributed by atoms with E-state index in [2.05, 4.69) is 26.0 Å². The Kier molecular flexibility index (Phi) is 5.18. The summed E-state index contributed by atoms with van der Waals surface area (Å²) in [7, 11) is 0. The van der Waals surface area contributed by atoms with E-state index in [1.165, 1.54) is 36.8 Å². The van der Waals surface area contributed by atoms with Crippen molar-refractivity contribution < 1.29 is 4.79 Å². The molecule has 0 heterocycles. The summed E-state index contributed by atoms with van der Waals surface area (Å²) in [4.78, 5) is 12.6. The molecular formula is C18H26O. The molecule has 1 fully saturated rings. The fraction of sp³-hybridized carbons (Fsp3) is 0.611. The first kappa shape index (κ1) is 14.3. The summed E-state index contributed by atoms with van der Waals surface area (Å²) in [6.07, 6.45) is 9.33. The second kappa shape index (κ2) is 6.88. The Bertz CT molecular complexity index is 425. The topological polar surface area (TPSA) is 17.1 Å². The zero-order valence-corrected chi connectivity index (χ0v) is 12.4. The maximum Gasteiger partial charge on any atom is 0.165 e. The van der Waals surface area contributed by atoms with Gasteiger partial charge in [0, 0.05) is 11.5 Å². The van der Waals surface area contributed by atoms with Crippen LogP contribution in [0.25, 0.3) is 0 Å². The number of Topliss-reactive ketones (excluding diaryl/α,β-unsaturated/α-hetero) is 1. The van der Waals surface area contributed by atoms with E-state index >= 15 is 0 Å². The van der Waals surface area contributed by atoms with Gasteiger partial charge in [0.05, 0.1) is 0 Å². The standard InChI is InChI=1S/C18H26O/c1-3-14-11-12-17(13-15(14)4-2)18(19)16-9-7-5-6-8-10-16/h11-13,16H,3-10H2,1-2H3. The van der Waals surface area contributed by atoms with Crippen LogP contribution in [0.15, 0.2) is 18.2 Å². The van der Waals surface area contributed by atoms with E-state index in [1.807, 2.05) is 6.07 Å². The molecule has 2 rings (SSSR count). The minimum Gasteiger partial charge on any atom is -0.294 e. The molecule has 19 heavy (non-hydrogen) atoms. The van der Waals surface area contributed by atoms with Gasteiger partial charge in [-0.1, -0.05) is 51.7 Å². The number of benzene rings is 1. The Morgan fingerprint density at radius 1 is 1.00 bits per heavy atom. The Hall–Kier alpha value is -1.11. The Morgan fingerprint density at radius 3 is 2.21 bits per heavy atom. The SMILES string of the molecule is CCc1ccc(C(=O)C2CCCCCC2)cc1CC. The third-order valence-corrected chi connectivity index (χ3v) is 4.48. The van der Waals surface area contributed by atoms with Gasteiger partial charge in [-0.15, -0.1) is 0 Å². The van der Waals surface area contributed by atoms with Crippen molar-refractivity contribution in [1.29, 1.82) is 0 Å². The highest BCUT2D eigenvalue weighted by Gasteiger charge is 2.21. The fourth-order valence-electron chi connectivity index (χ4n) is 3.23. The Morgan fingerprint density at radius 2 is 1.63 bits per heavy atom. The van der Waals surface area contributed by atoms with Gasteiger partial charge in [-0.05, 0) is 42.9 Å². The summed E-state index contributed by atoms with van der Waals surface area (Å²) in [5.74, 6) is 0.666. The molecule has 0 saturated heterocycles. The minimum absolute atomic E-state index is 0.277. The normalized spacial score (nSPS) is 17.2. The summed E-state index contributed by atoms with van der Waals surface area (Å²) in [6.45, 7) is 4.36. The largest absolute Gasteiger partial charge is 0.294 e. The van der Waals surface area contributed by atoms with E-state index < -0.39 is 0 Å². The molecule has 0 unspecified atom stereocenters. The van der Waals surface area contributed by atoms with Gasteiger partial charge in [-0.3, -0.25) is 4.79 Å². The van der Waals surface area contributed by atoms with Crippen LogP contribution in [0.1, 0.15) is 73.9 Å². The summed E-state index contributed by atoms with van der Waals surface area (Å²) in [5, 5.41) is 0. The van der Waals surface area contributed by atoms with E-state index in [-0.39, 0.29) is 5.92 Å². The molecule has 0 radical (unpaired) electrons. The van der Waals surface area contributed by atoms with E-state index in [0.717, 1.165) is 31.2 Å². The average molecular weight is 258 g/mol. The first-order chi connectivity index (χ1) is 9.26. The third-order valence-electron chi connectivity index (χ3n) is 4.48. The van der Waals surface area contributed by atoms with Crippen LogP contribution in [0.2, 0.25) is 0 Å². The number of ketones is 1. The van der Waals surface area contributed by atoms with Crippen molar-refractivity contribution in [3.63, 3.8) is 0 Å². The van der Waals surface area contributed by atoms with E-state index in [4.69, 9.17) is 0 Å². The molecule has 0 aromatic heterocycles. The predicted octanol–water partition coefficient (Wildman–Crippen LogP) is 4.96. The molecule has 0 atom stereocenters. The van der Waals surface area contributed by atoms with Crippen molar-refractivity contribution in [1.82, 2.24) is 0 Å². The molecule has 1 aliphatic rings. The van der Waals surface area contributed by atoms with Crippen LogP contribution in [-0.2, 0) is 12.8 Å². The van der Waals surface area contributed by atoms with Gasteiger partial charge < -0.3 is 0 Å². The van der Waals surface area contributed by atoms with Gasteiger partial charge in [0.15, 0.2) is 5.78 Å².